The molecule has 0 saturated heterocycles. The summed E-state index contributed by atoms with van der Waals surface area (Å²) in [7, 11) is 0. The molecule has 2 aromatic rings. The number of nitrogens with zero attached hydrogens (tertiary/aromatic N) is 1. The van der Waals surface area contributed by atoms with Gasteiger partial charge in [-0.3, -0.25) is 4.79 Å². The molecule has 26 heavy (non-hydrogen) atoms. The van der Waals surface area contributed by atoms with E-state index in [-0.39, 0.29) is 11.9 Å². The minimum atomic E-state index is -0.226. The van der Waals surface area contributed by atoms with Gasteiger partial charge in [-0.15, -0.1) is 0 Å². The molecule has 0 bridgehead atoms. The monoisotopic (exact) mass is 349 g/mol. The molecule has 1 heterocycles. The summed E-state index contributed by atoms with van der Waals surface area (Å²) in [6, 6.07) is 15.4. The number of rotatable bonds is 5. The number of aryl methyl sites for hydroxylation is 1. The predicted molar refractivity (Wildman–Crippen MR) is 102 cm³/mol. The van der Waals surface area contributed by atoms with E-state index in [1.54, 1.807) is 0 Å². The first kappa shape index (κ1) is 16.6. The Balaban J connectivity index is 1.40. The largest absolute Gasteiger partial charge is 0.334 e. The van der Waals surface area contributed by atoms with E-state index in [1.165, 1.54) is 12.8 Å². The first-order chi connectivity index (χ1) is 12.7. The fraction of sp³-hybridized carbons (Fsp3) is 0.333. The maximum Gasteiger partial charge on any atom is 0.319 e. The Morgan fingerprint density at radius 1 is 1.08 bits per heavy atom. The molecule has 5 nitrogen and oxygen atoms in total. The summed E-state index contributed by atoms with van der Waals surface area (Å²) < 4.78 is 0. The third-order valence-corrected chi connectivity index (χ3v) is 4.97. The zero-order valence-corrected chi connectivity index (χ0v) is 14.7. The molecule has 1 aliphatic heterocycles. The molecule has 0 atom stereocenters. The van der Waals surface area contributed by atoms with Crippen LogP contribution >= 0.6 is 0 Å². The number of amides is 3. The summed E-state index contributed by atoms with van der Waals surface area (Å²) in [4.78, 5) is 26.3. The Labute approximate surface area is 153 Å². The van der Waals surface area contributed by atoms with Gasteiger partial charge in [0.15, 0.2) is 0 Å². The normalized spacial score (nSPS) is 16.2. The molecular formula is C21H23N3O2. The Bertz CT molecular complexity index is 815. The van der Waals surface area contributed by atoms with Crippen LogP contribution in [0, 0.1) is 5.92 Å². The lowest BCUT2D eigenvalue weighted by Crippen LogP contribution is -2.36. The van der Waals surface area contributed by atoms with Crippen molar-refractivity contribution in [1.82, 2.24) is 5.32 Å². The quantitative estimate of drug-likeness (QED) is 0.865. The molecule has 1 saturated carbocycles. The molecule has 2 aliphatic rings. The Morgan fingerprint density at radius 3 is 2.65 bits per heavy atom. The van der Waals surface area contributed by atoms with Crippen molar-refractivity contribution in [1.29, 1.82) is 0 Å². The van der Waals surface area contributed by atoms with Gasteiger partial charge in [0.2, 0.25) is 5.91 Å². The summed E-state index contributed by atoms with van der Waals surface area (Å²) in [5, 5.41) is 5.75. The van der Waals surface area contributed by atoms with Crippen molar-refractivity contribution in [2.45, 2.75) is 32.2 Å². The van der Waals surface area contributed by atoms with Crippen LogP contribution in [0.2, 0.25) is 0 Å². The summed E-state index contributed by atoms with van der Waals surface area (Å²) in [5.74, 6) is 0.872. The molecule has 3 amide bonds. The molecule has 1 fully saturated rings. The minimum absolute atomic E-state index is 0.214. The number of urea groups is 1. The average Bonchev–Trinajstić information content (AvgIpc) is 3.47. The molecule has 0 spiro atoms. The van der Waals surface area contributed by atoms with Crippen LogP contribution in [0.15, 0.2) is 48.5 Å². The van der Waals surface area contributed by atoms with Gasteiger partial charge in [0.05, 0.1) is 0 Å². The first-order valence-corrected chi connectivity index (χ1v) is 9.21. The van der Waals surface area contributed by atoms with E-state index in [9.17, 15) is 9.59 Å². The molecule has 2 N–H and O–H groups in total. The predicted octanol–water partition coefficient (Wildman–Crippen LogP) is 3.70. The Hall–Kier alpha value is -2.82. The molecule has 4 rings (SSSR count). The minimum Gasteiger partial charge on any atom is -0.334 e. The highest BCUT2D eigenvalue weighted by Gasteiger charge is 2.30. The van der Waals surface area contributed by atoms with Crippen molar-refractivity contribution in [3.8, 4) is 0 Å². The van der Waals surface area contributed by atoms with Crippen LogP contribution < -0.4 is 15.5 Å². The number of carbonyl (C=O) groups excluding carboxylic acids is 2. The Morgan fingerprint density at radius 2 is 1.88 bits per heavy atom. The summed E-state index contributed by atoms with van der Waals surface area (Å²) in [6.45, 7) is 1.32. The van der Waals surface area contributed by atoms with Crippen LogP contribution in [0.25, 0.3) is 0 Å². The maximum atomic E-state index is 12.2. The summed E-state index contributed by atoms with van der Waals surface area (Å²) in [6.07, 6.45) is 3.72. The van der Waals surface area contributed by atoms with Crippen LogP contribution in [0.1, 0.15) is 30.4 Å². The second-order valence-electron chi connectivity index (χ2n) is 7.08. The second-order valence-corrected chi connectivity index (χ2v) is 7.08. The molecule has 0 unspecified atom stereocenters. The number of carbonyl (C=O) groups is 2. The molecule has 2 aromatic carbocycles. The number of benzene rings is 2. The van der Waals surface area contributed by atoms with Crippen molar-refractivity contribution >= 4 is 23.3 Å². The van der Waals surface area contributed by atoms with Gasteiger partial charge < -0.3 is 15.5 Å². The summed E-state index contributed by atoms with van der Waals surface area (Å²) in [5.41, 5.74) is 3.95. The molecule has 134 valence electrons. The van der Waals surface area contributed by atoms with Crippen LogP contribution in [0.3, 0.4) is 0 Å². The van der Waals surface area contributed by atoms with Gasteiger partial charge in [0, 0.05) is 30.9 Å². The SMILES string of the molecule is O=C(NCc1ccccc1)Nc1ccc2c(c1)CCC(=O)N2CC1CC1. The van der Waals surface area contributed by atoms with Crippen molar-refractivity contribution < 1.29 is 9.59 Å². The highest BCUT2D eigenvalue weighted by atomic mass is 16.2. The molecular weight excluding hydrogens is 326 g/mol. The number of anilines is 2. The van der Waals surface area contributed by atoms with Crippen LogP contribution in [-0.2, 0) is 17.8 Å². The topological polar surface area (TPSA) is 61.4 Å². The van der Waals surface area contributed by atoms with Crippen LogP contribution in [0.5, 0.6) is 0 Å². The zero-order valence-electron chi connectivity index (χ0n) is 14.7. The van der Waals surface area contributed by atoms with Crippen molar-refractivity contribution in [2.75, 3.05) is 16.8 Å². The van der Waals surface area contributed by atoms with E-state index in [2.05, 4.69) is 10.6 Å². The Kier molecular flexibility index (Phi) is 4.61. The molecule has 0 aromatic heterocycles. The number of hydrogen-bond acceptors (Lipinski definition) is 2. The van der Waals surface area contributed by atoms with Gasteiger partial charge in [0.1, 0.15) is 0 Å². The average molecular weight is 349 g/mol. The van der Waals surface area contributed by atoms with E-state index in [0.29, 0.717) is 18.9 Å². The van der Waals surface area contributed by atoms with Gasteiger partial charge in [-0.1, -0.05) is 30.3 Å². The standard InChI is InChI=1S/C21H23N3O2/c25-20-11-8-17-12-18(9-10-19(17)24(20)14-16-6-7-16)23-21(26)22-13-15-4-2-1-3-5-15/h1-5,9-10,12,16H,6-8,11,13-14H2,(H2,22,23,26). The summed E-state index contributed by atoms with van der Waals surface area (Å²) >= 11 is 0. The van der Waals surface area contributed by atoms with E-state index in [1.807, 2.05) is 53.4 Å². The maximum absolute atomic E-state index is 12.2. The lowest BCUT2D eigenvalue weighted by Gasteiger charge is -2.30. The number of nitrogens with one attached hydrogen (secondary N) is 2. The molecule has 5 heteroatoms. The highest BCUT2D eigenvalue weighted by molar-refractivity contribution is 5.97. The lowest BCUT2D eigenvalue weighted by atomic mass is 10.00. The van der Waals surface area contributed by atoms with E-state index in [4.69, 9.17) is 0 Å². The van der Waals surface area contributed by atoms with Gasteiger partial charge >= 0.3 is 6.03 Å². The number of hydrogen-bond donors (Lipinski definition) is 2. The van der Waals surface area contributed by atoms with E-state index < -0.39 is 0 Å². The van der Waals surface area contributed by atoms with Crippen molar-refractivity contribution in [2.24, 2.45) is 5.92 Å². The highest BCUT2D eigenvalue weighted by Crippen LogP contribution is 2.36. The van der Waals surface area contributed by atoms with Crippen molar-refractivity contribution in [3.05, 3.63) is 59.7 Å². The second kappa shape index (κ2) is 7.20. The first-order valence-electron chi connectivity index (χ1n) is 9.21. The van der Waals surface area contributed by atoms with Gasteiger partial charge in [0.25, 0.3) is 0 Å². The number of fused-ring (bicyclic) bond motifs is 1. The molecule has 0 radical (unpaired) electrons. The van der Waals surface area contributed by atoms with Gasteiger partial charge in [-0.2, -0.15) is 0 Å². The van der Waals surface area contributed by atoms with E-state index >= 15 is 0 Å². The van der Waals surface area contributed by atoms with Crippen LogP contribution in [-0.4, -0.2) is 18.5 Å². The molecule has 1 aliphatic carbocycles. The smallest absolute Gasteiger partial charge is 0.319 e. The van der Waals surface area contributed by atoms with Gasteiger partial charge in [-0.05, 0) is 54.5 Å². The lowest BCUT2D eigenvalue weighted by molar-refractivity contribution is -0.118. The van der Waals surface area contributed by atoms with E-state index in [0.717, 1.165) is 35.5 Å². The van der Waals surface area contributed by atoms with Gasteiger partial charge in [-0.25, -0.2) is 4.79 Å². The zero-order chi connectivity index (χ0) is 17.9. The third kappa shape index (κ3) is 3.87. The fourth-order valence-corrected chi connectivity index (χ4v) is 3.35. The van der Waals surface area contributed by atoms with Crippen LogP contribution in [0.4, 0.5) is 16.2 Å². The third-order valence-electron chi connectivity index (χ3n) is 4.97. The fourth-order valence-electron chi connectivity index (χ4n) is 3.35. The van der Waals surface area contributed by atoms with Crippen molar-refractivity contribution in [3.63, 3.8) is 0 Å².